The largest absolute Gasteiger partial charge is 0.486 e. The normalized spacial score (nSPS) is 18.6. The van der Waals surface area contributed by atoms with Gasteiger partial charge in [-0.1, -0.05) is 0 Å². The van der Waals surface area contributed by atoms with Crippen LogP contribution in [-0.2, 0) is 11.8 Å². The fourth-order valence-corrected chi connectivity index (χ4v) is 3.49. The summed E-state index contributed by atoms with van der Waals surface area (Å²) in [4.78, 5) is 41.1. The lowest BCUT2D eigenvalue weighted by molar-refractivity contribution is -0.120. The Hall–Kier alpha value is -3.23. The Kier molecular flexibility index (Phi) is 4.81. The lowest BCUT2D eigenvalue weighted by atomic mass is 9.97. The molecule has 9 nitrogen and oxygen atoms in total. The van der Waals surface area contributed by atoms with E-state index < -0.39 is 5.69 Å². The van der Waals surface area contributed by atoms with Gasteiger partial charge in [0.15, 0.2) is 11.5 Å². The van der Waals surface area contributed by atoms with Gasteiger partial charge in [0.2, 0.25) is 5.91 Å². The molecule has 1 aromatic heterocycles. The fraction of sp³-hybridized carbons (Fsp3) is 0.421. The smallest absolute Gasteiger partial charge is 0.329 e. The topological polar surface area (TPSA) is 106 Å². The summed E-state index contributed by atoms with van der Waals surface area (Å²) < 4.78 is 12.1. The minimum Gasteiger partial charge on any atom is -0.486 e. The first kappa shape index (κ1) is 18.1. The Bertz CT molecular complexity index is 981. The maximum absolute atomic E-state index is 12.8. The summed E-state index contributed by atoms with van der Waals surface area (Å²) in [5.41, 5.74) is -0.194. The predicted molar refractivity (Wildman–Crippen MR) is 103 cm³/mol. The number of carbonyl (C=O) groups excluding carboxylic acids is 1. The first-order valence-electron chi connectivity index (χ1n) is 9.27. The lowest BCUT2D eigenvalue weighted by Crippen LogP contribution is -2.43. The number of nitrogens with one attached hydrogen (secondary N) is 2. The van der Waals surface area contributed by atoms with Gasteiger partial charge in [-0.25, -0.2) is 4.79 Å². The van der Waals surface area contributed by atoms with Crippen molar-refractivity contribution in [3.8, 4) is 11.5 Å². The highest BCUT2D eigenvalue weighted by molar-refractivity contribution is 5.93. The highest BCUT2D eigenvalue weighted by atomic mass is 16.6. The van der Waals surface area contributed by atoms with E-state index in [4.69, 9.17) is 9.47 Å². The molecule has 2 aromatic rings. The molecule has 1 aromatic carbocycles. The summed E-state index contributed by atoms with van der Waals surface area (Å²) >= 11 is 0. The number of anilines is 2. The maximum atomic E-state index is 12.8. The van der Waals surface area contributed by atoms with Crippen molar-refractivity contribution < 1.29 is 14.3 Å². The van der Waals surface area contributed by atoms with Crippen LogP contribution in [0.2, 0.25) is 0 Å². The molecule has 28 heavy (non-hydrogen) atoms. The van der Waals surface area contributed by atoms with E-state index in [2.05, 4.69) is 10.3 Å². The van der Waals surface area contributed by atoms with Crippen LogP contribution in [0.5, 0.6) is 11.5 Å². The number of rotatable bonds is 3. The monoisotopic (exact) mass is 386 g/mol. The van der Waals surface area contributed by atoms with Crippen LogP contribution >= 0.6 is 0 Å². The zero-order valence-electron chi connectivity index (χ0n) is 15.6. The third-order valence-electron chi connectivity index (χ3n) is 5.07. The minimum absolute atomic E-state index is 0.104. The van der Waals surface area contributed by atoms with Gasteiger partial charge >= 0.3 is 5.69 Å². The van der Waals surface area contributed by atoms with Crippen LogP contribution in [0.15, 0.2) is 33.9 Å². The summed E-state index contributed by atoms with van der Waals surface area (Å²) in [5, 5.41) is 2.93. The molecule has 1 atom stereocenters. The molecule has 1 fully saturated rings. The number of piperidine rings is 1. The fourth-order valence-electron chi connectivity index (χ4n) is 3.49. The molecule has 3 heterocycles. The molecule has 1 saturated heterocycles. The number of aromatic nitrogens is 2. The molecule has 1 unspecified atom stereocenters. The first-order valence-corrected chi connectivity index (χ1v) is 9.27. The zero-order valence-corrected chi connectivity index (χ0v) is 15.6. The van der Waals surface area contributed by atoms with E-state index in [9.17, 15) is 14.4 Å². The standard InChI is InChI=1S/C19H22N4O5/c1-22-17(24)10-16(21-19(22)26)23-6-2-3-12(11-23)18(25)20-13-4-5-14-15(9-13)28-8-7-27-14/h4-5,9-10,12H,2-3,6-8,11H2,1H3,(H,20,25)(H,21,26). The Morgan fingerprint density at radius 1 is 1.18 bits per heavy atom. The zero-order chi connectivity index (χ0) is 19.7. The molecule has 0 saturated carbocycles. The summed E-state index contributed by atoms with van der Waals surface area (Å²) in [5.74, 6) is 1.38. The third kappa shape index (κ3) is 3.60. The second kappa shape index (κ2) is 7.41. The summed E-state index contributed by atoms with van der Waals surface area (Å²) in [6.45, 7) is 2.11. The number of nitrogens with zero attached hydrogens (tertiary/aromatic N) is 2. The predicted octanol–water partition coefficient (Wildman–Crippen LogP) is 0.700. The molecule has 1 amide bonds. The molecule has 2 aliphatic rings. The SMILES string of the molecule is Cn1c(=O)cc(N2CCCC(C(=O)Nc3ccc4c(c3)OCCO4)C2)[nH]c1=O. The van der Waals surface area contributed by atoms with Gasteiger partial charge in [0.25, 0.3) is 5.56 Å². The molecule has 0 bridgehead atoms. The number of H-pyrrole nitrogens is 1. The molecule has 148 valence electrons. The van der Waals surface area contributed by atoms with Crippen LogP contribution in [-0.4, -0.2) is 41.8 Å². The average molecular weight is 386 g/mol. The van der Waals surface area contributed by atoms with Crippen molar-refractivity contribution in [2.24, 2.45) is 13.0 Å². The van der Waals surface area contributed by atoms with Crippen molar-refractivity contribution in [2.45, 2.75) is 12.8 Å². The van der Waals surface area contributed by atoms with Crippen molar-refractivity contribution in [1.82, 2.24) is 9.55 Å². The third-order valence-corrected chi connectivity index (χ3v) is 5.07. The quantitative estimate of drug-likeness (QED) is 0.805. The maximum Gasteiger partial charge on any atom is 0.329 e. The van der Waals surface area contributed by atoms with Crippen LogP contribution in [0.3, 0.4) is 0 Å². The molecule has 2 N–H and O–H groups in total. The Morgan fingerprint density at radius 2 is 1.96 bits per heavy atom. The number of hydrogen-bond acceptors (Lipinski definition) is 6. The molecule has 0 radical (unpaired) electrons. The molecular formula is C19H22N4O5. The second-order valence-electron chi connectivity index (χ2n) is 6.99. The number of carbonyl (C=O) groups is 1. The molecule has 0 spiro atoms. The van der Waals surface area contributed by atoms with Crippen LogP contribution in [0.4, 0.5) is 11.5 Å². The molecule has 4 rings (SSSR count). The summed E-state index contributed by atoms with van der Waals surface area (Å²) in [7, 11) is 1.42. The van der Waals surface area contributed by atoms with E-state index in [1.54, 1.807) is 18.2 Å². The number of hydrogen-bond donors (Lipinski definition) is 2. The van der Waals surface area contributed by atoms with E-state index in [-0.39, 0.29) is 17.4 Å². The van der Waals surface area contributed by atoms with Gasteiger partial charge in [-0.3, -0.25) is 19.1 Å². The lowest BCUT2D eigenvalue weighted by Gasteiger charge is -2.33. The van der Waals surface area contributed by atoms with E-state index in [0.717, 1.165) is 17.4 Å². The molecular weight excluding hydrogens is 364 g/mol. The Morgan fingerprint density at radius 3 is 2.75 bits per heavy atom. The second-order valence-corrected chi connectivity index (χ2v) is 6.99. The van der Waals surface area contributed by atoms with Gasteiger partial charge in [-0.2, -0.15) is 0 Å². The van der Waals surface area contributed by atoms with Gasteiger partial charge < -0.3 is 19.7 Å². The molecule has 2 aliphatic heterocycles. The van der Waals surface area contributed by atoms with E-state index in [1.165, 1.54) is 13.1 Å². The Balaban J connectivity index is 1.46. The van der Waals surface area contributed by atoms with Crippen LogP contribution in [0, 0.1) is 5.92 Å². The summed E-state index contributed by atoms with van der Waals surface area (Å²) in [6.07, 6.45) is 1.53. The van der Waals surface area contributed by atoms with Crippen LogP contribution in [0.1, 0.15) is 12.8 Å². The minimum atomic E-state index is -0.467. The van der Waals surface area contributed by atoms with Crippen molar-refractivity contribution in [3.05, 3.63) is 45.1 Å². The van der Waals surface area contributed by atoms with Gasteiger partial charge in [0, 0.05) is 38.0 Å². The van der Waals surface area contributed by atoms with Crippen molar-refractivity contribution in [2.75, 3.05) is 36.5 Å². The number of ether oxygens (including phenoxy) is 2. The van der Waals surface area contributed by atoms with Gasteiger partial charge in [-0.05, 0) is 25.0 Å². The first-order chi connectivity index (χ1) is 13.5. The highest BCUT2D eigenvalue weighted by Crippen LogP contribution is 2.33. The molecule has 9 heteroatoms. The highest BCUT2D eigenvalue weighted by Gasteiger charge is 2.27. The van der Waals surface area contributed by atoms with E-state index in [0.29, 0.717) is 49.3 Å². The molecule has 0 aliphatic carbocycles. The van der Waals surface area contributed by atoms with Gasteiger partial charge in [0.05, 0.1) is 5.92 Å². The van der Waals surface area contributed by atoms with Crippen LogP contribution < -0.4 is 30.9 Å². The number of aromatic amines is 1. The van der Waals surface area contributed by atoms with Crippen molar-refractivity contribution >= 4 is 17.4 Å². The Labute approximate surface area is 160 Å². The summed E-state index contributed by atoms with van der Waals surface area (Å²) in [6, 6.07) is 6.71. The van der Waals surface area contributed by atoms with E-state index >= 15 is 0 Å². The number of fused-ring (bicyclic) bond motifs is 1. The van der Waals surface area contributed by atoms with Crippen molar-refractivity contribution in [3.63, 3.8) is 0 Å². The number of amides is 1. The average Bonchev–Trinajstić information content (AvgIpc) is 2.71. The van der Waals surface area contributed by atoms with Crippen molar-refractivity contribution in [1.29, 1.82) is 0 Å². The number of benzene rings is 1. The van der Waals surface area contributed by atoms with Gasteiger partial charge in [-0.15, -0.1) is 0 Å². The van der Waals surface area contributed by atoms with E-state index in [1.807, 2.05) is 4.90 Å². The van der Waals surface area contributed by atoms with Gasteiger partial charge in [0.1, 0.15) is 19.0 Å². The van der Waals surface area contributed by atoms with Crippen LogP contribution in [0.25, 0.3) is 0 Å².